The van der Waals surface area contributed by atoms with Crippen LogP contribution in [0.3, 0.4) is 0 Å². The zero-order valence-electron chi connectivity index (χ0n) is 18.0. The van der Waals surface area contributed by atoms with Gasteiger partial charge in [0.2, 0.25) is 10.0 Å². The van der Waals surface area contributed by atoms with E-state index in [1.54, 1.807) is 31.2 Å². The third-order valence-corrected chi connectivity index (χ3v) is 6.82. The van der Waals surface area contributed by atoms with Crippen molar-refractivity contribution in [3.63, 3.8) is 0 Å². The normalized spacial score (nSPS) is 15.6. The summed E-state index contributed by atoms with van der Waals surface area (Å²) < 4.78 is 30.2. The van der Waals surface area contributed by atoms with Crippen molar-refractivity contribution in [1.29, 1.82) is 0 Å². The van der Waals surface area contributed by atoms with Crippen molar-refractivity contribution < 1.29 is 17.9 Å². The number of nitrogens with zero attached hydrogens (tertiary/aromatic N) is 1. The first-order valence-corrected chi connectivity index (χ1v) is 12.1. The second-order valence-electron chi connectivity index (χ2n) is 7.95. The molecule has 1 aliphatic rings. The highest BCUT2D eigenvalue weighted by atomic mass is 32.2. The van der Waals surface area contributed by atoms with Crippen LogP contribution in [0.25, 0.3) is 0 Å². The monoisotopic (exact) mass is 430 g/mol. The van der Waals surface area contributed by atoms with E-state index < -0.39 is 16.1 Å². The van der Waals surface area contributed by atoms with Gasteiger partial charge in [0.15, 0.2) is 6.10 Å². The van der Waals surface area contributed by atoms with Crippen molar-refractivity contribution in [2.24, 2.45) is 0 Å². The Morgan fingerprint density at radius 3 is 2.30 bits per heavy atom. The smallest absolute Gasteiger partial charge is 0.261 e. The van der Waals surface area contributed by atoms with E-state index in [4.69, 9.17) is 4.74 Å². The fraction of sp³-hybridized carbons (Fsp3) is 0.435. The van der Waals surface area contributed by atoms with E-state index in [1.807, 2.05) is 6.92 Å². The van der Waals surface area contributed by atoms with Gasteiger partial charge in [0.25, 0.3) is 5.91 Å². The summed E-state index contributed by atoms with van der Waals surface area (Å²) in [5.74, 6) is 0.308. The average molecular weight is 431 g/mol. The molecule has 7 heteroatoms. The lowest BCUT2D eigenvalue weighted by molar-refractivity contribution is -0.127. The molecule has 0 spiro atoms. The Morgan fingerprint density at radius 1 is 1.03 bits per heavy atom. The number of fused-ring (bicyclic) bond motifs is 1. The van der Waals surface area contributed by atoms with Gasteiger partial charge in [0.1, 0.15) is 5.75 Å². The Hall–Kier alpha value is -2.54. The maximum absolute atomic E-state index is 12.6. The van der Waals surface area contributed by atoms with Crippen molar-refractivity contribution in [2.45, 2.75) is 51.7 Å². The molecule has 0 aromatic heterocycles. The number of hydrogen-bond donors (Lipinski definition) is 1. The molecule has 2 aromatic carbocycles. The minimum Gasteiger partial charge on any atom is -0.481 e. The molecule has 6 nitrogen and oxygen atoms in total. The lowest BCUT2D eigenvalue weighted by Crippen LogP contribution is -2.37. The summed E-state index contributed by atoms with van der Waals surface area (Å²) in [7, 11) is -1.83. The van der Waals surface area contributed by atoms with Crippen LogP contribution in [0.5, 0.6) is 5.75 Å². The highest BCUT2D eigenvalue weighted by Gasteiger charge is 2.19. The zero-order valence-corrected chi connectivity index (χ0v) is 18.8. The SMILES string of the molecule is C[C@@H](Oc1ccc(N(C)S(C)(=O)=O)cc1)C(=O)N[C@H](C)c1ccc2c(c1)CCCC2. The van der Waals surface area contributed by atoms with Crippen LogP contribution in [0, 0.1) is 0 Å². The van der Waals surface area contributed by atoms with Crippen molar-refractivity contribution >= 4 is 21.6 Å². The third kappa shape index (κ3) is 5.33. The number of nitrogens with one attached hydrogen (secondary N) is 1. The van der Waals surface area contributed by atoms with Gasteiger partial charge in [-0.05, 0) is 80.5 Å². The van der Waals surface area contributed by atoms with E-state index in [9.17, 15) is 13.2 Å². The van der Waals surface area contributed by atoms with Gasteiger partial charge in [-0.1, -0.05) is 18.2 Å². The number of benzene rings is 2. The van der Waals surface area contributed by atoms with E-state index in [0.717, 1.165) is 24.7 Å². The second kappa shape index (κ2) is 9.08. The summed E-state index contributed by atoms with van der Waals surface area (Å²) in [5.41, 5.74) is 4.45. The molecular formula is C23H30N2O4S. The van der Waals surface area contributed by atoms with Crippen LogP contribution in [0.2, 0.25) is 0 Å². The molecule has 1 aliphatic carbocycles. The molecule has 0 radical (unpaired) electrons. The van der Waals surface area contributed by atoms with E-state index in [1.165, 1.54) is 35.3 Å². The minimum absolute atomic E-state index is 0.110. The van der Waals surface area contributed by atoms with Crippen LogP contribution < -0.4 is 14.4 Å². The van der Waals surface area contributed by atoms with Crippen molar-refractivity contribution in [3.8, 4) is 5.75 Å². The average Bonchev–Trinajstić information content (AvgIpc) is 2.72. The first kappa shape index (κ1) is 22.2. The second-order valence-corrected chi connectivity index (χ2v) is 9.96. The van der Waals surface area contributed by atoms with Crippen LogP contribution in [-0.2, 0) is 27.7 Å². The van der Waals surface area contributed by atoms with Gasteiger partial charge in [-0.3, -0.25) is 9.10 Å². The summed E-state index contributed by atoms with van der Waals surface area (Å²) in [6, 6.07) is 13.0. The summed E-state index contributed by atoms with van der Waals surface area (Å²) in [6.45, 7) is 3.68. The summed E-state index contributed by atoms with van der Waals surface area (Å²) >= 11 is 0. The summed E-state index contributed by atoms with van der Waals surface area (Å²) in [6.07, 6.45) is 5.19. The molecule has 0 saturated heterocycles. The lowest BCUT2D eigenvalue weighted by Gasteiger charge is -2.22. The van der Waals surface area contributed by atoms with Crippen molar-refractivity contribution in [1.82, 2.24) is 5.32 Å². The maximum Gasteiger partial charge on any atom is 0.261 e. The van der Waals surface area contributed by atoms with E-state index >= 15 is 0 Å². The number of sulfonamides is 1. The van der Waals surface area contributed by atoms with Gasteiger partial charge in [0.05, 0.1) is 18.0 Å². The Labute approximate surface area is 179 Å². The number of carbonyl (C=O) groups is 1. The van der Waals surface area contributed by atoms with Gasteiger partial charge in [-0.15, -0.1) is 0 Å². The number of carbonyl (C=O) groups excluding carboxylic acids is 1. The molecule has 0 fully saturated rings. The molecule has 0 bridgehead atoms. The highest BCUT2D eigenvalue weighted by Crippen LogP contribution is 2.25. The standard InChI is InChI=1S/C23H30N2O4S/c1-16(19-10-9-18-7-5-6-8-20(18)15-19)24-23(26)17(2)29-22-13-11-21(12-14-22)25(3)30(4,27)28/h9-17H,5-8H2,1-4H3,(H,24,26)/t16-,17-/m1/s1. The van der Waals surface area contributed by atoms with Crippen LogP contribution >= 0.6 is 0 Å². The Morgan fingerprint density at radius 2 is 1.67 bits per heavy atom. The third-order valence-electron chi connectivity index (χ3n) is 5.61. The van der Waals surface area contributed by atoms with Gasteiger partial charge in [-0.25, -0.2) is 8.42 Å². The Kier molecular flexibility index (Phi) is 6.71. The van der Waals surface area contributed by atoms with Crippen LogP contribution in [0.4, 0.5) is 5.69 Å². The summed E-state index contributed by atoms with van der Waals surface area (Å²) in [5, 5.41) is 3.02. The number of hydrogen-bond acceptors (Lipinski definition) is 4. The van der Waals surface area contributed by atoms with E-state index in [2.05, 4.69) is 23.5 Å². The van der Waals surface area contributed by atoms with Crippen LogP contribution in [0.1, 0.15) is 49.4 Å². The van der Waals surface area contributed by atoms with Gasteiger partial charge >= 0.3 is 0 Å². The predicted octanol–water partition coefficient (Wildman–Crippen LogP) is 3.61. The first-order valence-electron chi connectivity index (χ1n) is 10.3. The number of amides is 1. The summed E-state index contributed by atoms with van der Waals surface area (Å²) in [4.78, 5) is 12.6. The molecule has 1 N–H and O–H groups in total. The molecule has 30 heavy (non-hydrogen) atoms. The van der Waals surface area contributed by atoms with Gasteiger partial charge < -0.3 is 10.1 Å². The van der Waals surface area contributed by atoms with Crippen LogP contribution in [0.15, 0.2) is 42.5 Å². The van der Waals surface area contributed by atoms with E-state index in [-0.39, 0.29) is 11.9 Å². The zero-order chi connectivity index (χ0) is 21.9. The number of rotatable bonds is 7. The minimum atomic E-state index is -3.32. The molecule has 0 saturated carbocycles. The quantitative estimate of drug-likeness (QED) is 0.728. The topological polar surface area (TPSA) is 75.7 Å². The van der Waals surface area contributed by atoms with Gasteiger partial charge in [0, 0.05) is 7.05 Å². The molecular weight excluding hydrogens is 400 g/mol. The largest absolute Gasteiger partial charge is 0.481 e. The number of anilines is 1. The molecule has 0 aliphatic heterocycles. The molecule has 162 valence electrons. The molecule has 3 rings (SSSR count). The number of ether oxygens (including phenoxy) is 1. The maximum atomic E-state index is 12.6. The number of aryl methyl sites for hydroxylation is 2. The molecule has 0 heterocycles. The molecule has 2 atom stereocenters. The van der Waals surface area contributed by atoms with Crippen LogP contribution in [-0.4, -0.2) is 33.7 Å². The highest BCUT2D eigenvalue weighted by molar-refractivity contribution is 7.92. The van der Waals surface area contributed by atoms with Gasteiger partial charge in [-0.2, -0.15) is 0 Å². The fourth-order valence-corrected chi connectivity index (χ4v) is 4.13. The fourth-order valence-electron chi connectivity index (χ4n) is 3.62. The molecule has 0 unspecified atom stereocenters. The van der Waals surface area contributed by atoms with Crippen molar-refractivity contribution in [2.75, 3.05) is 17.6 Å². The molecule has 2 aromatic rings. The van der Waals surface area contributed by atoms with Crippen molar-refractivity contribution in [3.05, 3.63) is 59.2 Å². The first-order chi connectivity index (χ1) is 14.1. The molecule has 1 amide bonds. The Balaban J connectivity index is 1.59. The lowest BCUT2D eigenvalue weighted by atomic mass is 9.89. The Bertz CT molecular complexity index is 1000. The van der Waals surface area contributed by atoms with E-state index in [0.29, 0.717) is 11.4 Å². The predicted molar refractivity (Wildman–Crippen MR) is 119 cm³/mol.